The number of ether oxygens (including phenoxy) is 3. The summed E-state index contributed by atoms with van der Waals surface area (Å²) in [4.78, 5) is 11.3. The predicted octanol–water partition coefficient (Wildman–Crippen LogP) is 2.68. The van der Waals surface area contributed by atoms with E-state index in [9.17, 15) is 4.79 Å². The van der Waals surface area contributed by atoms with Crippen molar-refractivity contribution < 1.29 is 19.0 Å². The highest BCUT2D eigenvalue weighted by Gasteiger charge is 2.07. The summed E-state index contributed by atoms with van der Waals surface area (Å²) in [7, 11) is 1.56. The number of hydrogen-bond donors (Lipinski definition) is 1. The molecule has 0 aliphatic rings. The molecule has 0 saturated heterocycles. The molecule has 0 heterocycles. The summed E-state index contributed by atoms with van der Waals surface area (Å²) < 4.78 is 16.6. The molecule has 0 aliphatic heterocycles. The molecule has 0 fully saturated rings. The topological polar surface area (TPSA) is 80.6 Å². The molecule has 6 heteroatoms. The minimum Gasteiger partial charge on any atom is -0.493 e. The second-order valence-electron chi connectivity index (χ2n) is 5.11. The van der Waals surface area contributed by atoms with Crippen LogP contribution < -0.4 is 19.5 Å². The fraction of sp³-hybridized carbons (Fsp3) is 0.263. The third-order valence-electron chi connectivity index (χ3n) is 3.31. The van der Waals surface area contributed by atoms with Gasteiger partial charge in [0.1, 0.15) is 25.4 Å². The Morgan fingerprint density at radius 2 is 1.84 bits per heavy atom. The van der Waals surface area contributed by atoms with E-state index in [0.717, 1.165) is 11.3 Å². The molecule has 0 aromatic heterocycles. The van der Waals surface area contributed by atoms with Gasteiger partial charge in [-0.2, -0.15) is 5.26 Å². The Kier molecular flexibility index (Phi) is 7.13. The highest BCUT2D eigenvalue weighted by molar-refractivity contribution is 5.77. The van der Waals surface area contributed by atoms with E-state index in [-0.39, 0.29) is 12.3 Å². The minimum atomic E-state index is -0.306. The van der Waals surface area contributed by atoms with E-state index in [1.165, 1.54) is 0 Å². The lowest BCUT2D eigenvalue weighted by atomic mass is 10.2. The molecule has 0 radical (unpaired) electrons. The number of nitrogens with one attached hydrogen (secondary N) is 1. The molecule has 0 atom stereocenters. The molecule has 0 unspecified atom stereocenters. The van der Waals surface area contributed by atoms with Crippen molar-refractivity contribution in [2.75, 3.05) is 20.3 Å². The van der Waals surface area contributed by atoms with Crippen LogP contribution in [0, 0.1) is 11.3 Å². The summed E-state index contributed by atoms with van der Waals surface area (Å²) in [6.07, 6.45) is -0.153. The van der Waals surface area contributed by atoms with Gasteiger partial charge in [0.15, 0.2) is 11.5 Å². The molecule has 1 N–H and O–H groups in total. The van der Waals surface area contributed by atoms with Crippen LogP contribution in [0.3, 0.4) is 0 Å². The smallest absolute Gasteiger partial charge is 0.234 e. The first-order chi connectivity index (χ1) is 12.2. The van der Waals surface area contributed by atoms with Gasteiger partial charge in [0, 0.05) is 6.54 Å². The largest absolute Gasteiger partial charge is 0.493 e. The van der Waals surface area contributed by atoms with Gasteiger partial charge in [-0.05, 0) is 29.8 Å². The molecule has 130 valence electrons. The summed E-state index contributed by atoms with van der Waals surface area (Å²) in [5.41, 5.74) is 0.857. The average Bonchev–Trinajstić information content (AvgIpc) is 2.65. The monoisotopic (exact) mass is 340 g/mol. The number of amides is 1. The van der Waals surface area contributed by atoms with E-state index in [0.29, 0.717) is 31.3 Å². The fourth-order valence-corrected chi connectivity index (χ4v) is 2.10. The van der Waals surface area contributed by atoms with Crippen molar-refractivity contribution in [1.82, 2.24) is 5.32 Å². The molecule has 2 rings (SSSR count). The number of methoxy groups -OCH3 is 1. The first-order valence-electron chi connectivity index (χ1n) is 7.84. The highest BCUT2D eigenvalue weighted by Crippen LogP contribution is 2.28. The predicted molar refractivity (Wildman–Crippen MR) is 92.5 cm³/mol. The molecular weight excluding hydrogens is 320 g/mol. The average molecular weight is 340 g/mol. The molecule has 2 aromatic carbocycles. The Bertz CT molecular complexity index is 726. The van der Waals surface area contributed by atoms with Crippen LogP contribution in [-0.2, 0) is 11.3 Å². The number of carbonyl (C=O) groups is 1. The Morgan fingerprint density at radius 1 is 1.08 bits per heavy atom. The van der Waals surface area contributed by atoms with Crippen LogP contribution >= 0.6 is 0 Å². The lowest BCUT2D eigenvalue weighted by molar-refractivity contribution is -0.120. The van der Waals surface area contributed by atoms with E-state index in [1.807, 2.05) is 42.5 Å². The number of para-hydroxylation sites is 1. The van der Waals surface area contributed by atoms with Gasteiger partial charge >= 0.3 is 0 Å². The maximum Gasteiger partial charge on any atom is 0.234 e. The number of nitrogens with zero attached hydrogens (tertiary/aromatic N) is 1. The highest BCUT2D eigenvalue weighted by atomic mass is 16.5. The summed E-state index contributed by atoms with van der Waals surface area (Å²) in [5, 5.41) is 11.1. The molecule has 25 heavy (non-hydrogen) atoms. The minimum absolute atomic E-state index is 0.153. The van der Waals surface area contributed by atoms with Crippen molar-refractivity contribution in [2.45, 2.75) is 13.0 Å². The van der Waals surface area contributed by atoms with Crippen LogP contribution in [0.2, 0.25) is 0 Å². The van der Waals surface area contributed by atoms with Gasteiger partial charge in [-0.15, -0.1) is 0 Å². The van der Waals surface area contributed by atoms with Crippen molar-refractivity contribution in [3.05, 3.63) is 54.1 Å². The van der Waals surface area contributed by atoms with Crippen LogP contribution in [0.25, 0.3) is 0 Å². The van der Waals surface area contributed by atoms with Crippen LogP contribution in [0.1, 0.15) is 12.0 Å². The van der Waals surface area contributed by atoms with Gasteiger partial charge in [0.25, 0.3) is 0 Å². The molecule has 0 saturated carbocycles. The lowest BCUT2D eigenvalue weighted by Crippen LogP contribution is -2.21. The molecular formula is C19H20N2O4. The number of hydrogen-bond acceptors (Lipinski definition) is 5. The standard InChI is InChI=1S/C19H20N2O4/c1-23-18-13-15(14-21-19(22)9-10-20)7-8-17(18)25-12-11-24-16-5-3-2-4-6-16/h2-8,13H,9,11-12,14H2,1H3,(H,21,22). The number of benzene rings is 2. The molecule has 0 spiro atoms. The Balaban J connectivity index is 1.84. The molecule has 0 aliphatic carbocycles. The van der Waals surface area contributed by atoms with Gasteiger partial charge in [0.05, 0.1) is 13.2 Å². The van der Waals surface area contributed by atoms with Gasteiger partial charge < -0.3 is 19.5 Å². The Morgan fingerprint density at radius 3 is 2.56 bits per heavy atom. The van der Waals surface area contributed by atoms with Gasteiger partial charge in [-0.3, -0.25) is 4.79 Å². The van der Waals surface area contributed by atoms with Gasteiger partial charge in [-0.1, -0.05) is 24.3 Å². The molecule has 0 bridgehead atoms. The summed E-state index contributed by atoms with van der Waals surface area (Å²) >= 11 is 0. The van der Waals surface area contributed by atoms with Crippen LogP contribution in [0.5, 0.6) is 17.2 Å². The third kappa shape index (κ3) is 6.07. The number of rotatable bonds is 9. The molecule has 2 aromatic rings. The second kappa shape index (κ2) is 9.83. The number of nitriles is 1. The molecule has 6 nitrogen and oxygen atoms in total. The van der Waals surface area contributed by atoms with Crippen molar-refractivity contribution >= 4 is 5.91 Å². The maximum atomic E-state index is 11.3. The van der Waals surface area contributed by atoms with E-state index in [4.69, 9.17) is 19.5 Å². The van der Waals surface area contributed by atoms with Crippen molar-refractivity contribution in [2.24, 2.45) is 0 Å². The van der Waals surface area contributed by atoms with E-state index in [2.05, 4.69) is 5.32 Å². The Hall–Kier alpha value is -3.20. The lowest BCUT2D eigenvalue weighted by Gasteiger charge is -2.13. The van der Waals surface area contributed by atoms with Crippen LogP contribution in [-0.4, -0.2) is 26.2 Å². The summed E-state index contributed by atoms with van der Waals surface area (Å²) in [5.74, 6) is 1.67. The Labute approximate surface area is 146 Å². The van der Waals surface area contributed by atoms with E-state index in [1.54, 1.807) is 19.2 Å². The zero-order chi connectivity index (χ0) is 17.9. The van der Waals surface area contributed by atoms with Gasteiger partial charge in [-0.25, -0.2) is 0 Å². The zero-order valence-corrected chi connectivity index (χ0v) is 14.0. The van der Waals surface area contributed by atoms with E-state index >= 15 is 0 Å². The van der Waals surface area contributed by atoms with Crippen LogP contribution in [0.4, 0.5) is 0 Å². The van der Waals surface area contributed by atoms with Gasteiger partial charge in [0.2, 0.25) is 5.91 Å². The van der Waals surface area contributed by atoms with Crippen LogP contribution in [0.15, 0.2) is 48.5 Å². The van der Waals surface area contributed by atoms with Crippen molar-refractivity contribution in [1.29, 1.82) is 5.26 Å². The molecule has 1 amide bonds. The number of carbonyl (C=O) groups excluding carboxylic acids is 1. The maximum absolute atomic E-state index is 11.3. The first kappa shape index (κ1) is 18.1. The van der Waals surface area contributed by atoms with Crippen molar-refractivity contribution in [3.8, 4) is 23.3 Å². The van der Waals surface area contributed by atoms with E-state index < -0.39 is 0 Å². The SMILES string of the molecule is COc1cc(CNC(=O)CC#N)ccc1OCCOc1ccccc1. The summed E-state index contributed by atoms with van der Waals surface area (Å²) in [6.45, 7) is 1.12. The fourth-order valence-electron chi connectivity index (χ4n) is 2.10. The third-order valence-corrected chi connectivity index (χ3v) is 3.31. The quantitative estimate of drug-likeness (QED) is 0.710. The summed E-state index contributed by atoms with van der Waals surface area (Å²) in [6, 6.07) is 16.7. The normalized spacial score (nSPS) is 9.76. The first-order valence-corrected chi connectivity index (χ1v) is 7.84. The van der Waals surface area contributed by atoms with Crippen molar-refractivity contribution in [3.63, 3.8) is 0 Å². The zero-order valence-electron chi connectivity index (χ0n) is 14.0. The second-order valence-corrected chi connectivity index (χ2v) is 5.11.